The predicted octanol–water partition coefficient (Wildman–Crippen LogP) is -0.0875. The summed E-state index contributed by atoms with van der Waals surface area (Å²) in [5, 5.41) is 0. The second-order valence-corrected chi connectivity index (χ2v) is 9.89. The van der Waals surface area contributed by atoms with Crippen molar-refractivity contribution in [1.29, 1.82) is 0 Å². The first-order valence-corrected chi connectivity index (χ1v) is 10.2. The molecule has 0 aliphatic rings. The molecule has 2 rings (SSSR count). The minimum atomic E-state index is -4.44. The van der Waals surface area contributed by atoms with Gasteiger partial charge in [0, 0.05) is 0 Å². The fraction of sp³-hybridized carbons (Fsp3) is 0. The van der Waals surface area contributed by atoms with E-state index in [1.807, 2.05) is 0 Å². The second kappa shape index (κ2) is 4.98. The molecule has 2 aromatic rings. The summed E-state index contributed by atoms with van der Waals surface area (Å²) in [6.07, 6.45) is 0. The van der Waals surface area contributed by atoms with E-state index in [0.717, 1.165) is 12.1 Å². The van der Waals surface area contributed by atoms with E-state index < -0.39 is 23.9 Å². The van der Waals surface area contributed by atoms with Crippen LogP contribution in [0.3, 0.4) is 0 Å². The minimum absolute atomic E-state index is 0.164. The summed E-state index contributed by atoms with van der Waals surface area (Å²) in [7, 11) is -4.29. The maximum absolute atomic E-state index is 12.4. The van der Waals surface area contributed by atoms with Gasteiger partial charge in [-0.2, -0.15) is 0 Å². The first kappa shape index (κ1) is 14.1. The Balaban J connectivity index is 2.46. The Bertz CT molecular complexity index is 722. The SMILES string of the molecule is O=S(=O)(O)c1ccc([As](=O)(O)c2ccccc2)cc1. The van der Waals surface area contributed by atoms with Gasteiger partial charge in [0.1, 0.15) is 0 Å². The van der Waals surface area contributed by atoms with Crippen LogP contribution in [0.15, 0.2) is 59.5 Å². The summed E-state index contributed by atoms with van der Waals surface area (Å²) >= 11 is -4.44. The number of hydrogen-bond donors (Lipinski definition) is 2. The Morgan fingerprint density at radius 1 is 0.842 bits per heavy atom. The van der Waals surface area contributed by atoms with Crippen LogP contribution in [0.4, 0.5) is 0 Å². The summed E-state index contributed by atoms with van der Waals surface area (Å²) in [6.45, 7) is 0. The van der Waals surface area contributed by atoms with Crippen LogP contribution in [0.2, 0.25) is 0 Å². The Labute approximate surface area is 113 Å². The van der Waals surface area contributed by atoms with Crippen molar-refractivity contribution in [1.82, 2.24) is 0 Å². The van der Waals surface area contributed by atoms with Crippen molar-refractivity contribution in [3.63, 3.8) is 0 Å². The Morgan fingerprint density at radius 2 is 1.32 bits per heavy atom. The van der Waals surface area contributed by atoms with E-state index in [2.05, 4.69) is 0 Å². The summed E-state index contributed by atoms with van der Waals surface area (Å²) in [4.78, 5) is -0.306. The summed E-state index contributed by atoms with van der Waals surface area (Å²) in [5.74, 6) is 0. The Morgan fingerprint density at radius 3 is 1.79 bits per heavy atom. The van der Waals surface area contributed by atoms with E-state index in [1.165, 1.54) is 12.1 Å². The van der Waals surface area contributed by atoms with Crippen molar-refractivity contribution < 1.29 is 20.8 Å². The molecule has 0 aliphatic heterocycles. The van der Waals surface area contributed by atoms with Gasteiger partial charge in [0.05, 0.1) is 0 Å². The first-order valence-electron chi connectivity index (χ1n) is 5.28. The topological polar surface area (TPSA) is 91.7 Å². The van der Waals surface area contributed by atoms with E-state index in [0.29, 0.717) is 4.35 Å². The van der Waals surface area contributed by atoms with Gasteiger partial charge in [-0.1, -0.05) is 0 Å². The summed E-state index contributed by atoms with van der Waals surface area (Å²) in [5.41, 5.74) is 0. The van der Waals surface area contributed by atoms with Gasteiger partial charge >= 0.3 is 113 Å². The third-order valence-corrected chi connectivity index (χ3v) is 7.65. The van der Waals surface area contributed by atoms with E-state index >= 15 is 0 Å². The fourth-order valence-electron chi connectivity index (χ4n) is 1.60. The molecule has 0 amide bonds. The van der Waals surface area contributed by atoms with Crippen molar-refractivity contribution in [3.05, 3.63) is 54.6 Å². The van der Waals surface area contributed by atoms with Gasteiger partial charge in [0.25, 0.3) is 0 Å². The molecule has 7 heteroatoms. The van der Waals surface area contributed by atoms with Crippen LogP contribution < -0.4 is 8.70 Å². The van der Waals surface area contributed by atoms with Gasteiger partial charge in [-0.3, -0.25) is 0 Å². The molecule has 0 fully saturated rings. The average molecular weight is 342 g/mol. The average Bonchev–Trinajstić information content (AvgIpc) is 2.39. The molecule has 0 radical (unpaired) electrons. The van der Waals surface area contributed by atoms with Gasteiger partial charge < -0.3 is 0 Å². The van der Waals surface area contributed by atoms with E-state index in [4.69, 9.17) is 4.55 Å². The predicted molar refractivity (Wildman–Crippen MR) is 70.6 cm³/mol. The molecule has 0 saturated carbocycles. The van der Waals surface area contributed by atoms with Gasteiger partial charge in [-0.05, 0) is 0 Å². The van der Waals surface area contributed by atoms with Crippen molar-refractivity contribution in [2.45, 2.75) is 4.90 Å². The number of benzene rings is 2. The maximum atomic E-state index is 12.4. The third-order valence-electron chi connectivity index (χ3n) is 2.59. The van der Waals surface area contributed by atoms with E-state index in [1.54, 1.807) is 30.3 Å². The third kappa shape index (κ3) is 2.98. The first-order chi connectivity index (χ1) is 8.82. The second-order valence-electron chi connectivity index (χ2n) is 3.88. The number of rotatable bonds is 3. The summed E-state index contributed by atoms with van der Waals surface area (Å²) in [6, 6.07) is 12.9. The van der Waals surface area contributed by atoms with E-state index in [9.17, 15) is 16.3 Å². The molecule has 0 aromatic heterocycles. The molecule has 2 aromatic carbocycles. The Kier molecular flexibility index (Phi) is 3.69. The molecule has 100 valence electrons. The van der Waals surface area contributed by atoms with Crippen molar-refractivity contribution in [2.24, 2.45) is 0 Å². The molecule has 0 aliphatic carbocycles. The molecule has 1 unspecified atom stereocenters. The van der Waals surface area contributed by atoms with Crippen LogP contribution in [0.1, 0.15) is 0 Å². The zero-order valence-electron chi connectivity index (χ0n) is 9.67. The fourth-order valence-corrected chi connectivity index (χ4v) is 5.07. The molecule has 0 saturated heterocycles. The van der Waals surface area contributed by atoms with E-state index in [-0.39, 0.29) is 9.25 Å². The normalized spacial score (nSPS) is 14.8. The van der Waals surface area contributed by atoms with Crippen molar-refractivity contribution >= 4 is 32.7 Å². The van der Waals surface area contributed by atoms with Gasteiger partial charge in [-0.15, -0.1) is 0 Å². The summed E-state index contributed by atoms with van der Waals surface area (Å²) < 4.78 is 53.7. The van der Waals surface area contributed by atoms with Gasteiger partial charge in [-0.25, -0.2) is 0 Å². The zero-order valence-corrected chi connectivity index (χ0v) is 12.4. The van der Waals surface area contributed by atoms with Crippen molar-refractivity contribution in [2.75, 3.05) is 0 Å². The Hall–Kier alpha value is -1.33. The number of hydrogen-bond acceptors (Lipinski definition) is 3. The van der Waals surface area contributed by atoms with Crippen LogP contribution in [0.25, 0.3) is 0 Å². The molecule has 2 N–H and O–H groups in total. The van der Waals surface area contributed by atoms with Gasteiger partial charge in [0.2, 0.25) is 0 Å². The molecule has 5 nitrogen and oxygen atoms in total. The van der Waals surface area contributed by atoms with Crippen LogP contribution in [0, 0.1) is 0 Å². The van der Waals surface area contributed by atoms with Crippen LogP contribution in [-0.4, -0.2) is 30.9 Å². The molecule has 0 heterocycles. The van der Waals surface area contributed by atoms with Gasteiger partial charge in [0.15, 0.2) is 0 Å². The molecule has 0 bridgehead atoms. The van der Waals surface area contributed by atoms with Crippen molar-refractivity contribution in [3.8, 4) is 0 Å². The van der Waals surface area contributed by atoms with Crippen LogP contribution in [-0.2, 0) is 13.9 Å². The molecule has 0 spiro atoms. The molecule has 1 atom stereocenters. The van der Waals surface area contributed by atoms with Crippen LogP contribution in [0.5, 0.6) is 0 Å². The quantitative estimate of drug-likeness (QED) is 0.601. The standard InChI is InChI=1S/C12H11AsO5S/c14-13(15,10-4-2-1-3-5-10)11-6-8-12(9-7-11)19(16,17)18/h1-9H,(H,14,15)(H,16,17,18). The molecule has 19 heavy (non-hydrogen) atoms. The van der Waals surface area contributed by atoms with Crippen LogP contribution >= 0.6 is 0 Å². The molecular weight excluding hydrogens is 331 g/mol. The monoisotopic (exact) mass is 342 g/mol. The molecular formula is C12H11AsO5S. The zero-order chi connectivity index (χ0) is 14.1.